The number of anilines is 1. The summed E-state index contributed by atoms with van der Waals surface area (Å²) in [5.41, 5.74) is 7.36. The Kier molecular flexibility index (Phi) is 5.42. The van der Waals surface area contributed by atoms with Crippen molar-refractivity contribution < 1.29 is 9.47 Å². The van der Waals surface area contributed by atoms with Gasteiger partial charge in [-0.1, -0.05) is 12.1 Å². The molecule has 0 aliphatic heterocycles. The van der Waals surface area contributed by atoms with Crippen LogP contribution in [0.25, 0.3) is 0 Å². The summed E-state index contributed by atoms with van der Waals surface area (Å²) in [5.74, 6) is 1.41. The quantitative estimate of drug-likeness (QED) is 0.643. The van der Waals surface area contributed by atoms with Gasteiger partial charge in [-0.15, -0.1) is 0 Å². The molecule has 0 radical (unpaired) electrons. The predicted molar refractivity (Wildman–Crippen MR) is 91.3 cm³/mol. The molecule has 0 heterocycles. The maximum absolute atomic E-state index is 5.55. The number of hydrazone groups is 1. The molecule has 0 aromatic heterocycles. The van der Waals surface area contributed by atoms with Crippen LogP contribution < -0.4 is 14.9 Å². The van der Waals surface area contributed by atoms with Gasteiger partial charge in [0.15, 0.2) is 11.5 Å². The van der Waals surface area contributed by atoms with Gasteiger partial charge >= 0.3 is 0 Å². The number of hydrogen-bond acceptors (Lipinski definition) is 4. The average molecular weight is 298 g/mol. The van der Waals surface area contributed by atoms with E-state index in [2.05, 4.69) is 36.5 Å². The molecule has 0 amide bonds. The Hall–Kier alpha value is -2.49. The van der Waals surface area contributed by atoms with E-state index in [1.807, 2.05) is 31.2 Å². The first-order valence-electron chi connectivity index (χ1n) is 7.31. The van der Waals surface area contributed by atoms with Gasteiger partial charge in [0.2, 0.25) is 0 Å². The summed E-state index contributed by atoms with van der Waals surface area (Å²) in [6, 6.07) is 11.9. The van der Waals surface area contributed by atoms with Gasteiger partial charge < -0.3 is 9.47 Å². The van der Waals surface area contributed by atoms with Crippen LogP contribution in [-0.4, -0.2) is 19.9 Å². The molecule has 116 valence electrons. The number of rotatable bonds is 6. The van der Waals surface area contributed by atoms with Crippen molar-refractivity contribution in [3.8, 4) is 11.5 Å². The Morgan fingerprint density at radius 1 is 1.14 bits per heavy atom. The number of nitrogens with one attached hydrogen (secondary N) is 1. The maximum Gasteiger partial charge on any atom is 0.169 e. The molecule has 0 bridgehead atoms. The van der Waals surface area contributed by atoms with Crippen LogP contribution >= 0.6 is 0 Å². The van der Waals surface area contributed by atoms with Gasteiger partial charge in [-0.05, 0) is 56.2 Å². The van der Waals surface area contributed by atoms with E-state index in [1.165, 1.54) is 11.1 Å². The molecule has 0 saturated heterocycles. The van der Waals surface area contributed by atoms with Crippen LogP contribution in [0, 0.1) is 13.8 Å². The largest absolute Gasteiger partial charge is 0.492 e. The zero-order valence-corrected chi connectivity index (χ0v) is 13.5. The van der Waals surface area contributed by atoms with Crippen LogP contribution in [-0.2, 0) is 0 Å². The van der Waals surface area contributed by atoms with Crippen molar-refractivity contribution in [2.75, 3.05) is 19.1 Å². The highest BCUT2D eigenvalue weighted by Gasteiger charge is 2.07. The number of benzene rings is 2. The van der Waals surface area contributed by atoms with Crippen LogP contribution in [0.1, 0.15) is 23.6 Å². The Morgan fingerprint density at radius 2 is 1.95 bits per heavy atom. The minimum Gasteiger partial charge on any atom is -0.492 e. The Labute approximate surface area is 131 Å². The third kappa shape index (κ3) is 3.79. The number of para-hydroxylation sites is 1. The normalized spacial score (nSPS) is 10.7. The first kappa shape index (κ1) is 15.9. The molecule has 2 aromatic rings. The molecule has 0 spiro atoms. The summed E-state index contributed by atoms with van der Waals surface area (Å²) < 4.78 is 11.0. The number of methoxy groups -OCH3 is 1. The summed E-state index contributed by atoms with van der Waals surface area (Å²) in [5, 5.41) is 4.28. The van der Waals surface area contributed by atoms with Crippen LogP contribution in [0.15, 0.2) is 41.5 Å². The van der Waals surface area contributed by atoms with E-state index < -0.39 is 0 Å². The molecule has 2 rings (SSSR count). The summed E-state index contributed by atoms with van der Waals surface area (Å²) >= 11 is 0. The van der Waals surface area contributed by atoms with Crippen molar-refractivity contribution in [2.24, 2.45) is 5.10 Å². The molecule has 2 aromatic carbocycles. The zero-order chi connectivity index (χ0) is 15.9. The fourth-order valence-electron chi connectivity index (χ4n) is 2.11. The fourth-order valence-corrected chi connectivity index (χ4v) is 2.11. The van der Waals surface area contributed by atoms with E-state index in [1.54, 1.807) is 13.3 Å². The second kappa shape index (κ2) is 7.50. The second-order valence-corrected chi connectivity index (χ2v) is 4.98. The molecule has 0 fully saturated rings. The molecule has 0 unspecified atom stereocenters. The molecular weight excluding hydrogens is 276 g/mol. The molecule has 4 heteroatoms. The van der Waals surface area contributed by atoms with Crippen LogP contribution in [0.5, 0.6) is 11.5 Å². The third-order valence-electron chi connectivity index (χ3n) is 3.42. The minimum atomic E-state index is 0.595. The molecule has 0 saturated carbocycles. The van der Waals surface area contributed by atoms with Crippen molar-refractivity contribution in [3.63, 3.8) is 0 Å². The molecule has 0 aliphatic carbocycles. The summed E-state index contributed by atoms with van der Waals surface area (Å²) in [7, 11) is 1.63. The van der Waals surface area contributed by atoms with Crippen molar-refractivity contribution in [1.82, 2.24) is 0 Å². The lowest BCUT2D eigenvalue weighted by atomic mass is 10.1. The smallest absolute Gasteiger partial charge is 0.169 e. The van der Waals surface area contributed by atoms with E-state index in [-0.39, 0.29) is 0 Å². The number of ether oxygens (including phenoxy) is 2. The van der Waals surface area contributed by atoms with E-state index in [0.717, 1.165) is 17.0 Å². The highest BCUT2D eigenvalue weighted by atomic mass is 16.5. The van der Waals surface area contributed by atoms with Crippen LogP contribution in [0.2, 0.25) is 0 Å². The average Bonchev–Trinajstić information content (AvgIpc) is 2.51. The molecule has 1 N–H and O–H groups in total. The van der Waals surface area contributed by atoms with Gasteiger partial charge in [0.05, 0.1) is 25.6 Å². The number of aryl methyl sites for hydroxylation is 2. The van der Waals surface area contributed by atoms with E-state index in [9.17, 15) is 0 Å². The monoisotopic (exact) mass is 298 g/mol. The summed E-state index contributed by atoms with van der Waals surface area (Å²) in [6.45, 7) is 6.71. The first-order valence-corrected chi connectivity index (χ1v) is 7.31. The lowest BCUT2D eigenvalue weighted by molar-refractivity contribution is 0.311. The topological polar surface area (TPSA) is 42.8 Å². The van der Waals surface area contributed by atoms with Gasteiger partial charge in [-0.2, -0.15) is 5.10 Å². The molecule has 0 atom stereocenters. The van der Waals surface area contributed by atoms with Crippen LogP contribution in [0.4, 0.5) is 5.69 Å². The maximum atomic E-state index is 5.55. The highest BCUT2D eigenvalue weighted by Crippen LogP contribution is 2.29. The summed E-state index contributed by atoms with van der Waals surface area (Å²) in [4.78, 5) is 0. The highest BCUT2D eigenvalue weighted by molar-refractivity contribution is 5.85. The third-order valence-corrected chi connectivity index (χ3v) is 3.42. The first-order chi connectivity index (χ1) is 10.7. The number of hydrogen-bond donors (Lipinski definition) is 1. The van der Waals surface area contributed by atoms with Crippen LogP contribution in [0.3, 0.4) is 0 Å². The molecule has 0 aliphatic rings. The standard InChI is InChI=1S/C18H22N2O2/c1-5-22-17-8-6-7-15(18(17)21-4)12-19-20-16-10-9-13(2)14(3)11-16/h6-12,20H,5H2,1-4H3/b19-12+. The molecular formula is C18H22N2O2. The van der Waals surface area contributed by atoms with Gasteiger partial charge in [0, 0.05) is 5.56 Å². The Morgan fingerprint density at radius 3 is 2.64 bits per heavy atom. The molecule has 22 heavy (non-hydrogen) atoms. The van der Waals surface area contributed by atoms with Gasteiger partial charge in [-0.3, -0.25) is 5.43 Å². The van der Waals surface area contributed by atoms with Gasteiger partial charge in [-0.25, -0.2) is 0 Å². The lowest BCUT2D eigenvalue weighted by Gasteiger charge is -2.11. The van der Waals surface area contributed by atoms with E-state index >= 15 is 0 Å². The van der Waals surface area contributed by atoms with Gasteiger partial charge in [0.1, 0.15) is 0 Å². The predicted octanol–water partition coefficient (Wildman–Crippen LogP) is 4.16. The lowest BCUT2D eigenvalue weighted by Crippen LogP contribution is -1.99. The van der Waals surface area contributed by atoms with E-state index in [0.29, 0.717) is 12.4 Å². The zero-order valence-electron chi connectivity index (χ0n) is 13.5. The second-order valence-electron chi connectivity index (χ2n) is 4.98. The summed E-state index contributed by atoms with van der Waals surface area (Å²) in [6.07, 6.45) is 1.73. The van der Waals surface area contributed by atoms with Crippen molar-refractivity contribution >= 4 is 11.9 Å². The fraction of sp³-hybridized carbons (Fsp3) is 0.278. The van der Waals surface area contributed by atoms with Crippen molar-refractivity contribution in [2.45, 2.75) is 20.8 Å². The molecule has 4 nitrogen and oxygen atoms in total. The van der Waals surface area contributed by atoms with Crippen molar-refractivity contribution in [1.29, 1.82) is 0 Å². The SMILES string of the molecule is CCOc1cccc(/C=N/Nc2ccc(C)c(C)c2)c1OC. The Bertz CT molecular complexity index is 666. The van der Waals surface area contributed by atoms with Gasteiger partial charge in [0.25, 0.3) is 0 Å². The van der Waals surface area contributed by atoms with E-state index in [4.69, 9.17) is 9.47 Å². The number of nitrogens with zero attached hydrogens (tertiary/aromatic N) is 1. The Balaban J connectivity index is 2.15. The van der Waals surface area contributed by atoms with Crippen molar-refractivity contribution in [3.05, 3.63) is 53.1 Å². The minimum absolute atomic E-state index is 0.595.